The van der Waals surface area contributed by atoms with Crippen molar-refractivity contribution in [2.45, 2.75) is 32.3 Å². The minimum atomic E-state index is -0.110. The van der Waals surface area contributed by atoms with Crippen LogP contribution in [-0.4, -0.2) is 12.1 Å². The molecule has 0 amide bonds. The van der Waals surface area contributed by atoms with Crippen LogP contribution in [0.5, 0.6) is 0 Å². The lowest BCUT2D eigenvalue weighted by molar-refractivity contribution is -0.149. The highest BCUT2D eigenvalue weighted by Crippen LogP contribution is 2.57. The molecule has 14 heavy (non-hydrogen) atoms. The molecule has 0 aromatic rings. The van der Waals surface area contributed by atoms with E-state index >= 15 is 0 Å². The van der Waals surface area contributed by atoms with Crippen molar-refractivity contribution in [1.82, 2.24) is 0 Å². The topological polar surface area (TPSA) is 26.3 Å². The quantitative estimate of drug-likeness (QED) is 0.470. The number of fused-ring (bicyclic) bond motifs is 5. The normalized spacial score (nSPS) is 48.2. The summed E-state index contributed by atoms with van der Waals surface area (Å²) in [7, 11) is 0. The molecule has 0 spiro atoms. The molecule has 2 unspecified atom stereocenters. The van der Waals surface area contributed by atoms with Crippen LogP contribution in [0.4, 0.5) is 0 Å². The van der Waals surface area contributed by atoms with E-state index in [4.69, 9.17) is 4.74 Å². The summed E-state index contributed by atoms with van der Waals surface area (Å²) in [4.78, 5) is 10.9. The smallest absolute Gasteiger partial charge is 0.302 e. The van der Waals surface area contributed by atoms with E-state index in [9.17, 15) is 4.79 Å². The summed E-state index contributed by atoms with van der Waals surface area (Å²) in [6.45, 7) is 1.52. The Morgan fingerprint density at radius 3 is 3.00 bits per heavy atom. The predicted octanol–water partition coefficient (Wildman–Crippen LogP) is 2.15. The highest BCUT2D eigenvalue weighted by atomic mass is 16.5. The molecule has 76 valence electrons. The molecular weight excluding hydrogens is 176 g/mol. The van der Waals surface area contributed by atoms with Crippen molar-refractivity contribution in [2.24, 2.45) is 23.7 Å². The Labute approximate surface area is 84.3 Å². The van der Waals surface area contributed by atoms with Crippen LogP contribution >= 0.6 is 0 Å². The standard InChI is InChI=1S/C12H16O2/c1-7(13)14-12-6-8-5-11(12)10-4-2-3-9(8)10/h2,4,8-12H,3,5-6H2,1H3/t8-,9?,10?,11+,12-/m0/s1. The second-order valence-electron chi connectivity index (χ2n) is 4.95. The molecule has 3 aliphatic carbocycles. The highest BCUT2D eigenvalue weighted by Gasteiger charge is 2.53. The number of rotatable bonds is 1. The van der Waals surface area contributed by atoms with Crippen molar-refractivity contribution in [1.29, 1.82) is 0 Å². The van der Waals surface area contributed by atoms with Gasteiger partial charge >= 0.3 is 5.97 Å². The Morgan fingerprint density at radius 2 is 2.21 bits per heavy atom. The molecule has 5 atom stereocenters. The van der Waals surface area contributed by atoms with E-state index in [1.54, 1.807) is 0 Å². The average molecular weight is 192 g/mol. The van der Waals surface area contributed by atoms with Gasteiger partial charge in [-0.3, -0.25) is 4.79 Å². The molecule has 0 aromatic heterocycles. The van der Waals surface area contributed by atoms with Gasteiger partial charge in [0.05, 0.1) is 0 Å². The molecule has 2 saturated carbocycles. The van der Waals surface area contributed by atoms with Gasteiger partial charge in [-0.2, -0.15) is 0 Å². The summed E-state index contributed by atoms with van der Waals surface area (Å²) in [5.41, 5.74) is 0. The van der Waals surface area contributed by atoms with Crippen LogP contribution < -0.4 is 0 Å². The van der Waals surface area contributed by atoms with Gasteiger partial charge in [-0.1, -0.05) is 12.2 Å². The molecule has 0 aliphatic heterocycles. The van der Waals surface area contributed by atoms with Gasteiger partial charge in [0.2, 0.25) is 0 Å². The van der Waals surface area contributed by atoms with Crippen LogP contribution in [0.3, 0.4) is 0 Å². The highest BCUT2D eigenvalue weighted by molar-refractivity contribution is 5.66. The van der Waals surface area contributed by atoms with E-state index in [0.717, 1.165) is 24.2 Å². The zero-order chi connectivity index (χ0) is 9.71. The lowest BCUT2D eigenvalue weighted by atomic mass is 9.80. The van der Waals surface area contributed by atoms with Gasteiger partial charge in [0, 0.05) is 12.8 Å². The van der Waals surface area contributed by atoms with Crippen molar-refractivity contribution in [3.63, 3.8) is 0 Å². The molecule has 3 rings (SSSR count). The Bertz CT molecular complexity index is 295. The second-order valence-corrected chi connectivity index (χ2v) is 4.95. The molecular formula is C12H16O2. The lowest BCUT2D eigenvalue weighted by Gasteiger charge is -2.30. The van der Waals surface area contributed by atoms with Crippen LogP contribution in [0.25, 0.3) is 0 Å². The van der Waals surface area contributed by atoms with Crippen LogP contribution in [0.2, 0.25) is 0 Å². The first-order chi connectivity index (χ1) is 6.75. The summed E-state index contributed by atoms with van der Waals surface area (Å²) in [6.07, 6.45) is 8.56. The molecule has 2 heteroatoms. The third-order valence-corrected chi connectivity index (χ3v) is 4.27. The molecule has 0 radical (unpaired) electrons. The zero-order valence-electron chi connectivity index (χ0n) is 8.48. The van der Waals surface area contributed by atoms with Gasteiger partial charge in [0.15, 0.2) is 0 Å². The van der Waals surface area contributed by atoms with E-state index in [2.05, 4.69) is 12.2 Å². The van der Waals surface area contributed by atoms with Crippen molar-refractivity contribution < 1.29 is 9.53 Å². The molecule has 0 aromatic carbocycles. The summed E-state index contributed by atoms with van der Waals surface area (Å²) >= 11 is 0. The Balaban J connectivity index is 1.76. The fourth-order valence-electron chi connectivity index (χ4n) is 3.83. The van der Waals surface area contributed by atoms with Gasteiger partial charge in [-0.15, -0.1) is 0 Å². The first kappa shape index (κ1) is 8.51. The van der Waals surface area contributed by atoms with E-state index in [-0.39, 0.29) is 12.1 Å². The Morgan fingerprint density at radius 1 is 1.36 bits per heavy atom. The zero-order valence-corrected chi connectivity index (χ0v) is 8.48. The third-order valence-electron chi connectivity index (χ3n) is 4.27. The number of carbonyl (C=O) groups excluding carboxylic acids is 1. The average Bonchev–Trinajstić information content (AvgIpc) is 2.68. The van der Waals surface area contributed by atoms with Crippen LogP contribution in [-0.2, 0) is 9.53 Å². The van der Waals surface area contributed by atoms with Gasteiger partial charge in [-0.25, -0.2) is 0 Å². The van der Waals surface area contributed by atoms with Gasteiger partial charge < -0.3 is 4.74 Å². The summed E-state index contributed by atoms with van der Waals surface area (Å²) in [6, 6.07) is 0. The summed E-state index contributed by atoms with van der Waals surface area (Å²) in [5, 5.41) is 0. The maximum absolute atomic E-state index is 10.9. The maximum atomic E-state index is 10.9. The molecule has 2 nitrogen and oxygen atoms in total. The Hall–Kier alpha value is -0.790. The van der Waals surface area contributed by atoms with E-state index < -0.39 is 0 Å². The molecule has 2 fully saturated rings. The number of esters is 1. The number of allylic oxidation sites excluding steroid dienone is 2. The monoisotopic (exact) mass is 192 g/mol. The summed E-state index contributed by atoms with van der Waals surface area (Å²) in [5.74, 6) is 2.95. The van der Waals surface area contributed by atoms with Crippen molar-refractivity contribution in [2.75, 3.05) is 0 Å². The van der Waals surface area contributed by atoms with Crippen molar-refractivity contribution in [3.05, 3.63) is 12.2 Å². The first-order valence-electron chi connectivity index (χ1n) is 5.59. The first-order valence-corrected chi connectivity index (χ1v) is 5.59. The second kappa shape index (κ2) is 2.85. The molecule has 0 N–H and O–H groups in total. The minimum Gasteiger partial charge on any atom is -0.462 e. The van der Waals surface area contributed by atoms with Crippen LogP contribution in [0, 0.1) is 23.7 Å². The largest absolute Gasteiger partial charge is 0.462 e. The summed E-state index contributed by atoms with van der Waals surface area (Å²) < 4.78 is 5.38. The van der Waals surface area contributed by atoms with E-state index in [0.29, 0.717) is 5.92 Å². The number of carbonyl (C=O) groups is 1. The van der Waals surface area contributed by atoms with Crippen molar-refractivity contribution >= 4 is 5.97 Å². The number of hydrogen-bond acceptors (Lipinski definition) is 2. The lowest BCUT2D eigenvalue weighted by Crippen LogP contribution is -2.31. The van der Waals surface area contributed by atoms with Crippen LogP contribution in [0.15, 0.2) is 12.2 Å². The number of hydrogen-bond donors (Lipinski definition) is 0. The van der Waals surface area contributed by atoms with Gasteiger partial charge in [0.25, 0.3) is 0 Å². The van der Waals surface area contributed by atoms with E-state index in [1.165, 1.54) is 19.8 Å². The van der Waals surface area contributed by atoms with Gasteiger partial charge in [-0.05, 0) is 37.0 Å². The fourth-order valence-corrected chi connectivity index (χ4v) is 3.83. The molecule has 0 saturated heterocycles. The molecule has 0 heterocycles. The maximum Gasteiger partial charge on any atom is 0.302 e. The predicted molar refractivity (Wildman–Crippen MR) is 52.5 cm³/mol. The van der Waals surface area contributed by atoms with Gasteiger partial charge in [0.1, 0.15) is 6.10 Å². The van der Waals surface area contributed by atoms with E-state index in [1.807, 2.05) is 0 Å². The SMILES string of the molecule is CC(=O)O[C@H]1C[C@@H]2C[C@@H]1C1C=CCC12. The minimum absolute atomic E-state index is 0.110. The molecule has 2 bridgehead atoms. The molecule has 3 aliphatic rings. The Kier molecular flexibility index (Phi) is 1.73. The number of ether oxygens (including phenoxy) is 1. The van der Waals surface area contributed by atoms with Crippen molar-refractivity contribution in [3.8, 4) is 0 Å². The fraction of sp³-hybridized carbons (Fsp3) is 0.750. The third kappa shape index (κ3) is 1.06. The van der Waals surface area contributed by atoms with Crippen LogP contribution in [0.1, 0.15) is 26.2 Å².